The van der Waals surface area contributed by atoms with Crippen LogP contribution in [0.5, 0.6) is 5.75 Å². The second-order valence-corrected chi connectivity index (χ2v) is 12.1. The van der Waals surface area contributed by atoms with Gasteiger partial charge in [-0.1, -0.05) is 18.2 Å². The number of aromatic nitrogens is 1. The van der Waals surface area contributed by atoms with Crippen LogP contribution in [0, 0.1) is 13.8 Å². The number of nitrogens with zero attached hydrogens (tertiary/aromatic N) is 1. The molecule has 0 saturated carbocycles. The first-order valence-corrected chi connectivity index (χ1v) is 14.4. The standard InChI is InChI=1S/C27H30N2O5S2/c1-18-13-20(8-10-26(30)31)7-9-23(18)16-34-25-15-22-6-3-5-21(22)14-24(25)28-11-4-12-36(32,33)27-29-19(2)17-35-27/h7-10,13-15,17,28H,3-6,11-12,16H2,1-2H3,(H,30,31). The molecule has 2 aromatic carbocycles. The van der Waals surface area contributed by atoms with E-state index in [0.29, 0.717) is 19.6 Å². The second-order valence-electron chi connectivity index (χ2n) is 8.97. The quantitative estimate of drug-likeness (QED) is 0.261. The molecule has 1 heterocycles. The van der Waals surface area contributed by atoms with Crippen LogP contribution < -0.4 is 10.1 Å². The van der Waals surface area contributed by atoms with E-state index >= 15 is 0 Å². The summed E-state index contributed by atoms with van der Waals surface area (Å²) in [5.74, 6) is -0.188. The van der Waals surface area contributed by atoms with E-state index in [2.05, 4.69) is 22.4 Å². The minimum absolute atomic E-state index is 0.0377. The molecular formula is C27H30N2O5S2. The Morgan fingerprint density at radius 2 is 1.97 bits per heavy atom. The fourth-order valence-corrected chi connectivity index (χ4v) is 6.70. The Kier molecular flexibility index (Phi) is 8.11. The van der Waals surface area contributed by atoms with Crippen molar-refractivity contribution in [3.63, 3.8) is 0 Å². The number of rotatable bonds is 11. The number of carbonyl (C=O) groups is 1. The zero-order valence-corrected chi connectivity index (χ0v) is 22.0. The third-order valence-corrected chi connectivity index (χ3v) is 9.38. The molecule has 0 spiro atoms. The minimum Gasteiger partial charge on any atom is -0.487 e. The van der Waals surface area contributed by atoms with Crippen molar-refractivity contribution in [3.05, 3.63) is 75.3 Å². The van der Waals surface area contributed by atoms with Crippen LogP contribution in [0.4, 0.5) is 5.69 Å². The zero-order valence-electron chi connectivity index (χ0n) is 20.4. The van der Waals surface area contributed by atoms with Crippen LogP contribution in [0.1, 0.15) is 46.4 Å². The maximum Gasteiger partial charge on any atom is 0.328 e. The maximum absolute atomic E-state index is 12.5. The van der Waals surface area contributed by atoms with E-state index in [1.807, 2.05) is 25.1 Å². The number of anilines is 1. The fraction of sp³-hybridized carbons (Fsp3) is 0.333. The Hall–Kier alpha value is -3.17. The number of nitrogens with one attached hydrogen (secondary N) is 1. The number of aryl methyl sites for hydroxylation is 4. The van der Waals surface area contributed by atoms with Gasteiger partial charge in [-0.15, -0.1) is 11.3 Å². The van der Waals surface area contributed by atoms with Crippen LogP contribution in [0.25, 0.3) is 6.08 Å². The van der Waals surface area contributed by atoms with Gasteiger partial charge in [0.2, 0.25) is 14.2 Å². The highest BCUT2D eigenvalue weighted by atomic mass is 32.2. The molecule has 4 rings (SSSR count). The zero-order chi connectivity index (χ0) is 25.7. The number of carboxylic acid groups (broad SMARTS) is 1. The highest BCUT2D eigenvalue weighted by Crippen LogP contribution is 2.34. The molecule has 0 atom stereocenters. The van der Waals surface area contributed by atoms with Crippen molar-refractivity contribution >= 4 is 38.9 Å². The van der Waals surface area contributed by atoms with Gasteiger partial charge in [-0.25, -0.2) is 18.2 Å². The summed E-state index contributed by atoms with van der Waals surface area (Å²) < 4.78 is 31.5. The molecule has 0 unspecified atom stereocenters. The lowest BCUT2D eigenvalue weighted by atomic mass is 10.1. The Labute approximate surface area is 215 Å². The Morgan fingerprint density at radius 1 is 1.19 bits per heavy atom. The van der Waals surface area contributed by atoms with Crippen molar-refractivity contribution in [1.29, 1.82) is 0 Å². The number of hydrogen-bond acceptors (Lipinski definition) is 7. The second kappa shape index (κ2) is 11.3. The molecule has 190 valence electrons. The molecule has 0 amide bonds. The molecule has 0 fully saturated rings. The maximum atomic E-state index is 12.5. The number of aliphatic carboxylic acids is 1. The Bertz CT molecular complexity index is 1390. The monoisotopic (exact) mass is 526 g/mol. The number of thiazole rings is 1. The van der Waals surface area contributed by atoms with E-state index in [1.54, 1.807) is 18.4 Å². The van der Waals surface area contributed by atoms with Crippen LogP contribution in [-0.4, -0.2) is 36.8 Å². The van der Waals surface area contributed by atoms with E-state index < -0.39 is 15.8 Å². The van der Waals surface area contributed by atoms with Crippen LogP contribution in [0.2, 0.25) is 0 Å². The molecule has 1 aliphatic carbocycles. The van der Waals surface area contributed by atoms with E-state index in [-0.39, 0.29) is 10.1 Å². The Balaban J connectivity index is 1.41. The number of sulfone groups is 1. The van der Waals surface area contributed by atoms with Gasteiger partial charge in [0, 0.05) is 23.7 Å². The lowest BCUT2D eigenvalue weighted by molar-refractivity contribution is -0.131. The number of fused-ring (bicyclic) bond motifs is 1. The van der Waals surface area contributed by atoms with Crippen molar-refractivity contribution in [2.24, 2.45) is 0 Å². The van der Waals surface area contributed by atoms with E-state index in [4.69, 9.17) is 9.84 Å². The first kappa shape index (κ1) is 25.9. The first-order chi connectivity index (χ1) is 17.2. The largest absolute Gasteiger partial charge is 0.487 e. The molecule has 9 heteroatoms. The minimum atomic E-state index is -3.38. The average Bonchev–Trinajstić information content (AvgIpc) is 3.48. The summed E-state index contributed by atoms with van der Waals surface area (Å²) in [6.45, 7) is 4.64. The molecule has 36 heavy (non-hydrogen) atoms. The molecule has 0 bridgehead atoms. The summed E-state index contributed by atoms with van der Waals surface area (Å²) in [4.78, 5) is 14.9. The number of hydrogen-bond donors (Lipinski definition) is 2. The average molecular weight is 527 g/mol. The van der Waals surface area contributed by atoms with Crippen LogP contribution in [-0.2, 0) is 34.1 Å². The van der Waals surface area contributed by atoms with Crippen molar-refractivity contribution in [2.75, 3.05) is 17.6 Å². The van der Waals surface area contributed by atoms with Crippen molar-refractivity contribution < 1.29 is 23.1 Å². The molecule has 3 aromatic rings. The van der Waals surface area contributed by atoms with Crippen molar-refractivity contribution in [3.8, 4) is 5.75 Å². The molecule has 7 nitrogen and oxygen atoms in total. The first-order valence-electron chi connectivity index (χ1n) is 11.9. The Morgan fingerprint density at radius 3 is 2.67 bits per heavy atom. The molecule has 1 aromatic heterocycles. The number of ether oxygens (including phenoxy) is 1. The summed E-state index contributed by atoms with van der Waals surface area (Å²) in [5, 5.41) is 14.0. The topological polar surface area (TPSA) is 106 Å². The summed E-state index contributed by atoms with van der Waals surface area (Å²) in [6.07, 6.45) is 6.33. The van der Waals surface area contributed by atoms with Gasteiger partial charge in [0.1, 0.15) is 12.4 Å². The van der Waals surface area contributed by atoms with Gasteiger partial charge in [0.15, 0.2) is 0 Å². The number of benzene rings is 2. The summed E-state index contributed by atoms with van der Waals surface area (Å²) in [6, 6.07) is 9.98. The molecule has 2 N–H and O–H groups in total. The van der Waals surface area contributed by atoms with Gasteiger partial charge in [0.25, 0.3) is 0 Å². The number of carboxylic acids is 1. The SMILES string of the molecule is Cc1csc(S(=O)(=O)CCCNc2cc3c(cc2OCc2ccc(C=CC(=O)O)cc2C)CCC3)n1. The van der Waals surface area contributed by atoms with E-state index in [1.165, 1.54) is 22.5 Å². The van der Waals surface area contributed by atoms with E-state index in [9.17, 15) is 13.2 Å². The predicted octanol–water partition coefficient (Wildman–Crippen LogP) is 5.20. The predicted molar refractivity (Wildman–Crippen MR) is 143 cm³/mol. The van der Waals surface area contributed by atoms with Crippen LogP contribution in [0.3, 0.4) is 0 Å². The van der Waals surface area contributed by atoms with Gasteiger partial charge in [-0.3, -0.25) is 0 Å². The highest BCUT2D eigenvalue weighted by molar-refractivity contribution is 7.93. The normalized spacial score (nSPS) is 13.2. The highest BCUT2D eigenvalue weighted by Gasteiger charge is 2.19. The lowest BCUT2D eigenvalue weighted by Crippen LogP contribution is -2.12. The molecule has 1 aliphatic rings. The molecule has 0 radical (unpaired) electrons. The van der Waals surface area contributed by atoms with Gasteiger partial charge in [0.05, 0.1) is 11.4 Å². The van der Waals surface area contributed by atoms with E-state index in [0.717, 1.165) is 59.2 Å². The van der Waals surface area contributed by atoms with Gasteiger partial charge < -0.3 is 15.2 Å². The molecule has 0 saturated heterocycles. The summed E-state index contributed by atoms with van der Waals surface area (Å²) in [7, 11) is -3.38. The smallest absolute Gasteiger partial charge is 0.328 e. The van der Waals surface area contributed by atoms with Crippen LogP contribution in [0.15, 0.2) is 46.1 Å². The summed E-state index contributed by atoms with van der Waals surface area (Å²) in [5.41, 5.74) is 7.04. The third kappa shape index (κ3) is 6.53. The third-order valence-electron chi connectivity index (χ3n) is 6.13. The fourth-order valence-electron chi connectivity index (χ4n) is 4.21. The molecule has 0 aliphatic heterocycles. The van der Waals surface area contributed by atoms with Crippen LogP contribution >= 0.6 is 11.3 Å². The summed E-state index contributed by atoms with van der Waals surface area (Å²) >= 11 is 1.17. The van der Waals surface area contributed by atoms with Crippen molar-refractivity contribution in [2.45, 2.75) is 50.5 Å². The lowest BCUT2D eigenvalue weighted by Gasteiger charge is -2.16. The van der Waals surface area contributed by atoms with Gasteiger partial charge in [-0.05, 0) is 85.6 Å². The molecular weight excluding hydrogens is 496 g/mol. The van der Waals surface area contributed by atoms with Gasteiger partial charge >= 0.3 is 5.97 Å². The van der Waals surface area contributed by atoms with Crippen molar-refractivity contribution in [1.82, 2.24) is 4.98 Å². The van der Waals surface area contributed by atoms with Gasteiger partial charge in [-0.2, -0.15) is 0 Å².